The molecule has 0 atom stereocenters. The van der Waals surface area contributed by atoms with Crippen molar-refractivity contribution in [2.75, 3.05) is 24.1 Å². The molecule has 0 bridgehead atoms. The van der Waals surface area contributed by atoms with E-state index in [-0.39, 0.29) is 5.82 Å². The summed E-state index contributed by atoms with van der Waals surface area (Å²) in [6.07, 6.45) is 0. The Hall–Kier alpha value is -1.08. The molecule has 0 aliphatic rings. The van der Waals surface area contributed by atoms with Gasteiger partial charge in [0.1, 0.15) is 10.3 Å². The van der Waals surface area contributed by atoms with Crippen LogP contribution in [0.4, 0.5) is 11.6 Å². The van der Waals surface area contributed by atoms with Gasteiger partial charge in [-0.05, 0) is 22.0 Å². The Labute approximate surface area is 162 Å². The summed E-state index contributed by atoms with van der Waals surface area (Å²) in [4.78, 5) is 8.64. The van der Waals surface area contributed by atoms with E-state index >= 15 is 0 Å². The van der Waals surface area contributed by atoms with Crippen molar-refractivity contribution in [2.45, 2.75) is 27.7 Å². The fraction of sp³-hybridized carbons (Fsp3) is 0.375. The third kappa shape index (κ3) is 6.09. The van der Waals surface area contributed by atoms with E-state index in [4.69, 9.17) is 34.7 Å². The largest absolute Gasteiger partial charge is 0.382 e. The summed E-state index contributed by atoms with van der Waals surface area (Å²) in [6, 6.07) is 5.26. The van der Waals surface area contributed by atoms with E-state index in [2.05, 4.69) is 31.2 Å². The maximum atomic E-state index is 6.17. The maximum absolute atomic E-state index is 6.17. The minimum atomic E-state index is 0.261. The minimum absolute atomic E-state index is 0.261. The molecule has 5 N–H and O–H groups in total. The Morgan fingerprint density at radius 3 is 2.33 bits per heavy atom. The zero-order valence-corrected chi connectivity index (χ0v) is 17.4. The number of nitrogen functional groups attached to an aromatic ring is 1. The van der Waals surface area contributed by atoms with Gasteiger partial charge in [0.25, 0.3) is 0 Å². The molecule has 0 spiro atoms. The van der Waals surface area contributed by atoms with Crippen LogP contribution in [0, 0.1) is 0 Å². The number of nitrogens with one attached hydrogen (secondary N) is 1. The van der Waals surface area contributed by atoms with Gasteiger partial charge in [-0.25, -0.2) is 9.97 Å². The molecule has 0 saturated carbocycles. The van der Waals surface area contributed by atoms with Gasteiger partial charge in [0.15, 0.2) is 11.6 Å². The molecule has 134 valence electrons. The van der Waals surface area contributed by atoms with Crippen LogP contribution in [0.1, 0.15) is 27.7 Å². The average Bonchev–Trinajstić information content (AvgIpc) is 2.61. The Bertz CT molecular complexity index is 638. The van der Waals surface area contributed by atoms with Crippen LogP contribution in [-0.4, -0.2) is 23.1 Å². The van der Waals surface area contributed by atoms with Crippen molar-refractivity contribution < 1.29 is 0 Å². The third-order valence-electron chi connectivity index (χ3n) is 2.52. The molecule has 2 rings (SSSR count). The quantitative estimate of drug-likeness (QED) is 0.611. The van der Waals surface area contributed by atoms with Crippen LogP contribution in [-0.2, 0) is 0 Å². The number of benzene rings is 1. The molecular formula is C16H24BrCl2N5. The molecular weight excluding hydrogens is 413 g/mol. The number of halogens is 3. The molecule has 0 saturated heterocycles. The van der Waals surface area contributed by atoms with Crippen molar-refractivity contribution in [3.05, 3.63) is 32.8 Å². The zero-order valence-electron chi connectivity index (χ0n) is 14.3. The molecule has 2 aromatic rings. The first kappa shape index (κ1) is 22.9. The van der Waals surface area contributed by atoms with Gasteiger partial charge in [0.2, 0.25) is 0 Å². The van der Waals surface area contributed by atoms with E-state index in [1.54, 1.807) is 18.2 Å². The smallest absolute Gasteiger partial charge is 0.161 e. The fourth-order valence-electron chi connectivity index (χ4n) is 1.62. The van der Waals surface area contributed by atoms with Crippen LogP contribution in [0.15, 0.2) is 22.8 Å². The van der Waals surface area contributed by atoms with Crippen molar-refractivity contribution in [1.29, 1.82) is 0 Å². The summed E-state index contributed by atoms with van der Waals surface area (Å²) >= 11 is 15.5. The van der Waals surface area contributed by atoms with Crippen molar-refractivity contribution >= 4 is 50.8 Å². The average molecular weight is 437 g/mol. The number of nitrogens with two attached hydrogens (primary N) is 2. The summed E-state index contributed by atoms with van der Waals surface area (Å²) < 4.78 is 0.534. The van der Waals surface area contributed by atoms with Crippen molar-refractivity contribution in [2.24, 2.45) is 5.73 Å². The van der Waals surface area contributed by atoms with E-state index in [9.17, 15) is 0 Å². The van der Waals surface area contributed by atoms with E-state index in [1.165, 1.54) is 0 Å². The first-order chi connectivity index (χ1) is 11.5. The van der Waals surface area contributed by atoms with Crippen LogP contribution < -0.4 is 16.8 Å². The number of hydrogen-bond acceptors (Lipinski definition) is 5. The molecule has 8 heteroatoms. The van der Waals surface area contributed by atoms with E-state index in [0.29, 0.717) is 44.8 Å². The van der Waals surface area contributed by atoms with E-state index < -0.39 is 0 Å². The number of aromatic nitrogens is 2. The fourth-order valence-corrected chi connectivity index (χ4v) is 2.41. The SMILES string of the molecule is CC.CC.NCCNc1nc(N)c(-c2cccc(Cl)c2Cl)nc1Br. The highest BCUT2D eigenvalue weighted by Crippen LogP contribution is 2.36. The molecule has 24 heavy (non-hydrogen) atoms. The van der Waals surface area contributed by atoms with Crippen LogP contribution in [0.2, 0.25) is 10.0 Å². The monoisotopic (exact) mass is 435 g/mol. The van der Waals surface area contributed by atoms with Gasteiger partial charge in [-0.15, -0.1) is 0 Å². The van der Waals surface area contributed by atoms with Gasteiger partial charge < -0.3 is 16.8 Å². The lowest BCUT2D eigenvalue weighted by atomic mass is 10.1. The summed E-state index contributed by atoms with van der Waals surface area (Å²) in [7, 11) is 0. The second kappa shape index (κ2) is 12.3. The van der Waals surface area contributed by atoms with E-state index in [1.807, 2.05) is 27.7 Å². The summed E-state index contributed by atoms with van der Waals surface area (Å²) in [6.45, 7) is 9.06. The first-order valence-corrected chi connectivity index (χ1v) is 9.30. The van der Waals surface area contributed by atoms with Crippen LogP contribution in [0.25, 0.3) is 11.3 Å². The normalized spacial score (nSPS) is 9.33. The third-order valence-corrected chi connectivity index (χ3v) is 3.90. The minimum Gasteiger partial charge on any atom is -0.382 e. The van der Waals surface area contributed by atoms with Crippen molar-refractivity contribution in [1.82, 2.24) is 9.97 Å². The summed E-state index contributed by atoms with van der Waals surface area (Å²) in [5.41, 5.74) is 12.5. The molecule has 0 aliphatic heterocycles. The lowest BCUT2D eigenvalue weighted by Crippen LogP contribution is -2.15. The first-order valence-electron chi connectivity index (χ1n) is 7.76. The molecule has 0 unspecified atom stereocenters. The highest BCUT2D eigenvalue weighted by Gasteiger charge is 2.15. The summed E-state index contributed by atoms with van der Waals surface area (Å²) in [5.74, 6) is 0.798. The summed E-state index contributed by atoms with van der Waals surface area (Å²) in [5, 5.41) is 3.85. The van der Waals surface area contributed by atoms with Crippen LogP contribution >= 0.6 is 39.1 Å². The Kier molecular flexibility index (Phi) is 11.8. The predicted molar refractivity (Wildman–Crippen MR) is 110 cm³/mol. The van der Waals surface area contributed by atoms with Crippen LogP contribution in [0.3, 0.4) is 0 Å². The molecule has 0 fully saturated rings. The molecule has 0 amide bonds. The molecule has 0 aliphatic carbocycles. The van der Waals surface area contributed by atoms with Crippen molar-refractivity contribution in [3.8, 4) is 11.3 Å². The van der Waals surface area contributed by atoms with Gasteiger partial charge in [-0.2, -0.15) is 0 Å². The van der Waals surface area contributed by atoms with Gasteiger partial charge in [-0.3, -0.25) is 0 Å². The number of nitrogens with zero attached hydrogens (tertiary/aromatic N) is 2. The molecule has 5 nitrogen and oxygen atoms in total. The second-order valence-electron chi connectivity index (χ2n) is 3.91. The molecule has 1 aromatic heterocycles. The maximum Gasteiger partial charge on any atom is 0.161 e. The van der Waals surface area contributed by atoms with E-state index in [0.717, 1.165) is 0 Å². The van der Waals surface area contributed by atoms with Gasteiger partial charge in [0.05, 0.1) is 10.0 Å². The lowest BCUT2D eigenvalue weighted by molar-refractivity contribution is 1.00. The topological polar surface area (TPSA) is 89.8 Å². The number of hydrogen-bond donors (Lipinski definition) is 3. The molecule has 1 aromatic carbocycles. The van der Waals surface area contributed by atoms with Gasteiger partial charge >= 0.3 is 0 Å². The lowest BCUT2D eigenvalue weighted by Gasteiger charge is -2.11. The zero-order chi connectivity index (χ0) is 18.7. The van der Waals surface area contributed by atoms with Crippen molar-refractivity contribution in [3.63, 3.8) is 0 Å². The highest BCUT2D eigenvalue weighted by molar-refractivity contribution is 9.10. The molecule has 1 heterocycles. The van der Waals surface area contributed by atoms with Crippen LogP contribution in [0.5, 0.6) is 0 Å². The van der Waals surface area contributed by atoms with Gasteiger partial charge in [0, 0.05) is 18.7 Å². The Balaban J connectivity index is 0.00000123. The van der Waals surface area contributed by atoms with Gasteiger partial charge in [-0.1, -0.05) is 63.0 Å². The highest BCUT2D eigenvalue weighted by atomic mass is 79.9. The number of rotatable bonds is 4. The Morgan fingerprint density at radius 1 is 1.12 bits per heavy atom. The molecule has 0 radical (unpaired) electrons. The predicted octanol–water partition coefficient (Wildman–Crippen LogP) is 5.22. The second-order valence-corrected chi connectivity index (χ2v) is 5.45. The number of anilines is 2. The Morgan fingerprint density at radius 2 is 1.75 bits per heavy atom. The standard InChI is InChI=1S/C12H12BrCl2N5.2C2H6/c13-10-12(18-5-4-16)20-11(17)9(19-10)6-2-1-3-7(14)8(6)15;2*1-2/h1-3H,4-5,16H2,(H3,17,18,20);2*1-2H3.